The van der Waals surface area contributed by atoms with Gasteiger partial charge in [-0.2, -0.15) is 0 Å². The van der Waals surface area contributed by atoms with Gasteiger partial charge < -0.3 is 4.90 Å². The second kappa shape index (κ2) is 15.4. The molecule has 9 aromatic rings. The number of fused-ring (bicyclic) bond motifs is 2. The molecule has 1 heteroatoms. The van der Waals surface area contributed by atoms with Crippen LogP contribution in [-0.4, -0.2) is 0 Å². The number of hydrogen-bond acceptors (Lipinski definition) is 1. The van der Waals surface area contributed by atoms with E-state index in [2.05, 4.69) is 211 Å². The lowest BCUT2D eigenvalue weighted by Crippen LogP contribution is -2.14. The van der Waals surface area contributed by atoms with E-state index in [0.29, 0.717) is 5.92 Å². The molecule has 1 aliphatic carbocycles. The van der Waals surface area contributed by atoms with Gasteiger partial charge in [0.25, 0.3) is 0 Å². The van der Waals surface area contributed by atoms with E-state index >= 15 is 0 Å². The molecular weight excluding hydrogens is 687 g/mol. The van der Waals surface area contributed by atoms with Gasteiger partial charge in [0.1, 0.15) is 0 Å². The molecule has 0 atom stereocenters. The van der Waals surface area contributed by atoms with Crippen molar-refractivity contribution in [3.63, 3.8) is 0 Å². The lowest BCUT2D eigenvalue weighted by molar-refractivity contribution is 0.445. The van der Waals surface area contributed by atoms with Gasteiger partial charge in [-0.1, -0.05) is 207 Å². The van der Waals surface area contributed by atoms with Crippen LogP contribution in [0.2, 0.25) is 0 Å². The maximum absolute atomic E-state index is 2.56. The number of benzene rings is 9. The monoisotopic (exact) mass is 731 g/mol. The number of nitrogens with zero attached hydrogens (tertiary/aromatic N) is 1. The Hall–Kier alpha value is -6.70. The van der Waals surface area contributed by atoms with Crippen molar-refractivity contribution >= 4 is 38.6 Å². The molecule has 0 saturated heterocycles. The van der Waals surface area contributed by atoms with Gasteiger partial charge in [-0.25, -0.2) is 0 Å². The van der Waals surface area contributed by atoms with Crippen LogP contribution in [0.3, 0.4) is 0 Å². The van der Waals surface area contributed by atoms with Gasteiger partial charge in [0.05, 0.1) is 17.1 Å². The van der Waals surface area contributed by atoms with Crippen LogP contribution in [0.1, 0.15) is 43.6 Å². The normalized spacial score (nSPS) is 13.2. The van der Waals surface area contributed by atoms with E-state index in [1.165, 1.54) is 104 Å². The van der Waals surface area contributed by atoms with E-state index in [9.17, 15) is 0 Å². The maximum atomic E-state index is 2.56. The van der Waals surface area contributed by atoms with Crippen molar-refractivity contribution in [1.29, 1.82) is 0 Å². The van der Waals surface area contributed by atoms with Crippen LogP contribution in [0.4, 0.5) is 17.1 Å². The molecule has 1 fully saturated rings. The Kier molecular flexibility index (Phi) is 9.42. The molecule has 0 heterocycles. The highest BCUT2D eigenvalue weighted by molar-refractivity contribution is 6.07. The van der Waals surface area contributed by atoms with Gasteiger partial charge in [-0.3, -0.25) is 0 Å². The lowest BCUT2D eigenvalue weighted by atomic mass is 9.80. The minimum atomic E-state index is 0.575. The van der Waals surface area contributed by atoms with Crippen LogP contribution in [0.5, 0.6) is 0 Å². The Labute approximate surface area is 336 Å². The first-order chi connectivity index (χ1) is 28.3. The van der Waals surface area contributed by atoms with Crippen LogP contribution in [0, 0.1) is 0 Å². The second-order valence-electron chi connectivity index (χ2n) is 15.4. The Morgan fingerprint density at radius 2 is 0.877 bits per heavy atom. The third kappa shape index (κ3) is 6.60. The molecule has 0 aromatic heterocycles. The predicted octanol–water partition coefficient (Wildman–Crippen LogP) is 16.2. The fourth-order valence-electron chi connectivity index (χ4n) is 9.38. The summed E-state index contributed by atoms with van der Waals surface area (Å²) < 4.78 is 0. The zero-order valence-electron chi connectivity index (χ0n) is 32.2. The van der Waals surface area contributed by atoms with Crippen molar-refractivity contribution in [3.8, 4) is 44.5 Å². The third-order valence-electron chi connectivity index (χ3n) is 12.1. The van der Waals surface area contributed by atoms with Crippen LogP contribution in [0.25, 0.3) is 66.1 Å². The van der Waals surface area contributed by atoms with Crippen molar-refractivity contribution in [2.45, 2.75) is 38.0 Å². The highest BCUT2D eigenvalue weighted by atomic mass is 15.1. The maximum Gasteiger partial charge on any atom is 0.0546 e. The second-order valence-corrected chi connectivity index (χ2v) is 15.4. The molecule has 0 spiro atoms. The summed E-state index contributed by atoms with van der Waals surface area (Å²) in [5.41, 5.74) is 14.6. The summed E-state index contributed by atoms with van der Waals surface area (Å²) in [7, 11) is 0. The number of hydrogen-bond donors (Lipinski definition) is 0. The quantitative estimate of drug-likeness (QED) is 0.150. The minimum absolute atomic E-state index is 0.575. The summed E-state index contributed by atoms with van der Waals surface area (Å²) in [6, 6.07) is 76.1. The fraction of sp³-hybridized carbons (Fsp3) is 0.107. The standard InChI is InChI=1S/C56H45N/c1-4-19-40(20-5-1)45-37-38-47(42-21-6-2-7-22-42)55(39-45)57(53-35-14-12-30-50(53)49-33-16-26-41-25-10-11-29-46(41)49)54-36-15-13-31-51(54)52-34-18-28-44-27-17-32-48(56(44)52)43-23-8-3-9-24-43/h1-2,4-7,10-22,25-39,43H,3,8-9,23-24H2. The molecule has 0 bridgehead atoms. The van der Waals surface area contributed by atoms with Gasteiger partial charge in [0.15, 0.2) is 0 Å². The molecule has 1 saturated carbocycles. The topological polar surface area (TPSA) is 3.24 Å². The van der Waals surface area contributed by atoms with Crippen molar-refractivity contribution < 1.29 is 0 Å². The SMILES string of the molecule is c1ccc(-c2ccc(-c3ccccc3)c(N(c3ccccc3-c3cccc4ccccc34)c3ccccc3-c3cccc4cccc(C5CCCCC5)c34)c2)cc1. The summed E-state index contributed by atoms with van der Waals surface area (Å²) in [4.78, 5) is 2.56. The fourth-order valence-corrected chi connectivity index (χ4v) is 9.38. The molecular formula is C56H45N. The van der Waals surface area contributed by atoms with Gasteiger partial charge in [0, 0.05) is 16.7 Å². The predicted molar refractivity (Wildman–Crippen MR) is 244 cm³/mol. The molecule has 1 nitrogen and oxygen atoms in total. The number of para-hydroxylation sites is 2. The zero-order valence-corrected chi connectivity index (χ0v) is 32.2. The van der Waals surface area contributed by atoms with E-state index < -0.39 is 0 Å². The minimum Gasteiger partial charge on any atom is -0.309 e. The molecule has 10 rings (SSSR count). The first-order valence-corrected chi connectivity index (χ1v) is 20.5. The average molecular weight is 732 g/mol. The first kappa shape index (κ1) is 34.8. The van der Waals surface area contributed by atoms with Crippen LogP contribution in [0.15, 0.2) is 206 Å². The molecule has 9 aromatic carbocycles. The molecule has 0 unspecified atom stereocenters. The van der Waals surface area contributed by atoms with Gasteiger partial charge >= 0.3 is 0 Å². The van der Waals surface area contributed by atoms with E-state index in [-0.39, 0.29) is 0 Å². The van der Waals surface area contributed by atoms with E-state index in [0.717, 1.165) is 17.1 Å². The molecule has 57 heavy (non-hydrogen) atoms. The Bertz CT molecular complexity index is 2820. The third-order valence-corrected chi connectivity index (χ3v) is 12.1. The highest BCUT2D eigenvalue weighted by Gasteiger charge is 2.26. The van der Waals surface area contributed by atoms with Gasteiger partial charge in [-0.05, 0) is 91.9 Å². The Morgan fingerprint density at radius 1 is 0.333 bits per heavy atom. The number of anilines is 3. The van der Waals surface area contributed by atoms with E-state index in [1.54, 1.807) is 0 Å². The highest BCUT2D eigenvalue weighted by Crippen LogP contribution is 2.51. The number of rotatable bonds is 8. The molecule has 0 radical (unpaired) electrons. The lowest BCUT2D eigenvalue weighted by Gasteiger charge is -2.32. The summed E-state index contributed by atoms with van der Waals surface area (Å²) in [5, 5.41) is 5.18. The van der Waals surface area contributed by atoms with E-state index in [4.69, 9.17) is 0 Å². The van der Waals surface area contributed by atoms with Gasteiger partial charge in [0.2, 0.25) is 0 Å². The Morgan fingerprint density at radius 3 is 1.61 bits per heavy atom. The smallest absolute Gasteiger partial charge is 0.0546 e. The van der Waals surface area contributed by atoms with Crippen LogP contribution < -0.4 is 4.90 Å². The Balaban J connectivity index is 1.29. The van der Waals surface area contributed by atoms with Crippen LogP contribution in [-0.2, 0) is 0 Å². The molecule has 0 amide bonds. The first-order valence-electron chi connectivity index (χ1n) is 20.5. The van der Waals surface area contributed by atoms with Crippen molar-refractivity contribution in [3.05, 3.63) is 212 Å². The summed E-state index contributed by atoms with van der Waals surface area (Å²) in [6.07, 6.45) is 6.46. The summed E-state index contributed by atoms with van der Waals surface area (Å²) in [5.74, 6) is 0.575. The molecule has 0 aliphatic heterocycles. The molecule has 274 valence electrons. The van der Waals surface area contributed by atoms with Crippen molar-refractivity contribution in [1.82, 2.24) is 0 Å². The zero-order chi connectivity index (χ0) is 38.0. The molecule has 0 N–H and O–H groups in total. The largest absolute Gasteiger partial charge is 0.309 e. The summed E-state index contributed by atoms with van der Waals surface area (Å²) >= 11 is 0. The summed E-state index contributed by atoms with van der Waals surface area (Å²) in [6.45, 7) is 0. The van der Waals surface area contributed by atoms with E-state index in [1.807, 2.05) is 0 Å². The van der Waals surface area contributed by atoms with Crippen molar-refractivity contribution in [2.24, 2.45) is 0 Å². The molecule has 1 aliphatic rings. The van der Waals surface area contributed by atoms with Gasteiger partial charge in [-0.15, -0.1) is 0 Å². The van der Waals surface area contributed by atoms with Crippen molar-refractivity contribution in [2.75, 3.05) is 4.90 Å². The average Bonchev–Trinajstić information content (AvgIpc) is 3.30. The van der Waals surface area contributed by atoms with Crippen LogP contribution >= 0.6 is 0 Å².